The van der Waals surface area contributed by atoms with Crippen LogP contribution in [0.4, 0.5) is 0 Å². The van der Waals surface area contributed by atoms with Gasteiger partial charge in [0.15, 0.2) is 0 Å². The predicted octanol–water partition coefficient (Wildman–Crippen LogP) is 2.76. The molecule has 0 saturated carbocycles. The van der Waals surface area contributed by atoms with Crippen LogP contribution in [-0.4, -0.2) is 37.1 Å². The van der Waals surface area contributed by atoms with Gasteiger partial charge in [-0.1, -0.05) is 18.1 Å². The van der Waals surface area contributed by atoms with Crippen molar-refractivity contribution < 1.29 is 9.53 Å². The predicted molar refractivity (Wildman–Crippen MR) is 69.9 cm³/mol. The molecule has 98 valence electrons. The highest BCUT2D eigenvalue weighted by molar-refractivity contribution is 5.69. The standard InChI is InChI=1S/C14H25NO2/c1-13(2)7-6-12-17-14(16)8-11-15-9-4-3-5-10-15/h7H,3-6,8-12H2,1-2H3. The van der Waals surface area contributed by atoms with Gasteiger partial charge in [-0.05, 0) is 46.2 Å². The van der Waals surface area contributed by atoms with Gasteiger partial charge in [0.1, 0.15) is 0 Å². The Morgan fingerprint density at radius 2 is 1.94 bits per heavy atom. The maximum atomic E-state index is 11.5. The van der Waals surface area contributed by atoms with Gasteiger partial charge in [0, 0.05) is 6.54 Å². The fourth-order valence-corrected chi connectivity index (χ4v) is 2.02. The van der Waals surface area contributed by atoms with Crippen molar-refractivity contribution in [3.8, 4) is 0 Å². The molecule has 0 aliphatic carbocycles. The fraction of sp³-hybridized carbons (Fsp3) is 0.786. The fourth-order valence-electron chi connectivity index (χ4n) is 2.02. The minimum absolute atomic E-state index is 0.0577. The number of esters is 1. The van der Waals surface area contributed by atoms with Gasteiger partial charge < -0.3 is 9.64 Å². The molecular formula is C14H25NO2. The Balaban J connectivity index is 2.02. The SMILES string of the molecule is CC(C)=CCCOC(=O)CCN1CCCCC1. The number of piperidine rings is 1. The van der Waals surface area contributed by atoms with Crippen LogP contribution in [0, 0.1) is 0 Å². The maximum absolute atomic E-state index is 11.5. The van der Waals surface area contributed by atoms with Crippen LogP contribution in [-0.2, 0) is 9.53 Å². The van der Waals surface area contributed by atoms with E-state index in [2.05, 4.69) is 24.8 Å². The van der Waals surface area contributed by atoms with Gasteiger partial charge in [0.05, 0.1) is 13.0 Å². The molecule has 0 aromatic rings. The van der Waals surface area contributed by atoms with Crippen molar-refractivity contribution in [1.82, 2.24) is 4.90 Å². The second-order valence-electron chi connectivity index (χ2n) is 4.94. The molecule has 1 aliphatic heterocycles. The first-order valence-electron chi connectivity index (χ1n) is 6.70. The Labute approximate surface area is 105 Å². The lowest BCUT2D eigenvalue weighted by atomic mass is 10.1. The summed E-state index contributed by atoms with van der Waals surface area (Å²) in [6, 6.07) is 0. The lowest BCUT2D eigenvalue weighted by molar-refractivity contribution is -0.143. The molecule has 0 spiro atoms. The summed E-state index contributed by atoms with van der Waals surface area (Å²) in [6.07, 6.45) is 7.35. The number of carbonyl (C=O) groups is 1. The van der Waals surface area contributed by atoms with E-state index < -0.39 is 0 Å². The van der Waals surface area contributed by atoms with Crippen molar-refractivity contribution in [1.29, 1.82) is 0 Å². The van der Waals surface area contributed by atoms with Crippen LogP contribution in [0.3, 0.4) is 0 Å². The molecule has 0 aromatic heterocycles. The van der Waals surface area contributed by atoms with Crippen LogP contribution in [0.15, 0.2) is 11.6 Å². The largest absolute Gasteiger partial charge is 0.465 e. The topological polar surface area (TPSA) is 29.5 Å². The molecular weight excluding hydrogens is 214 g/mol. The normalized spacial score (nSPS) is 16.6. The minimum Gasteiger partial charge on any atom is -0.465 e. The zero-order valence-electron chi connectivity index (χ0n) is 11.2. The summed E-state index contributed by atoms with van der Waals surface area (Å²) in [7, 11) is 0. The summed E-state index contributed by atoms with van der Waals surface area (Å²) in [5.74, 6) is -0.0577. The summed E-state index contributed by atoms with van der Waals surface area (Å²) in [5.41, 5.74) is 1.27. The smallest absolute Gasteiger partial charge is 0.307 e. The van der Waals surface area contributed by atoms with Crippen molar-refractivity contribution >= 4 is 5.97 Å². The van der Waals surface area contributed by atoms with E-state index in [-0.39, 0.29) is 5.97 Å². The van der Waals surface area contributed by atoms with Gasteiger partial charge in [-0.15, -0.1) is 0 Å². The van der Waals surface area contributed by atoms with Gasteiger partial charge in [-0.2, -0.15) is 0 Å². The molecule has 0 radical (unpaired) electrons. The van der Waals surface area contributed by atoms with E-state index in [1.807, 2.05) is 0 Å². The third-order valence-corrected chi connectivity index (χ3v) is 3.01. The lowest BCUT2D eigenvalue weighted by Crippen LogP contribution is -2.31. The molecule has 0 aromatic carbocycles. The van der Waals surface area contributed by atoms with E-state index in [1.165, 1.54) is 24.8 Å². The number of carbonyl (C=O) groups excluding carboxylic acids is 1. The van der Waals surface area contributed by atoms with Crippen molar-refractivity contribution in [3.63, 3.8) is 0 Å². The van der Waals surface area contributed by atoms with Gasteiger partial charge in [-0.3, -0.25) is 4.79 Å². The van der Waals surface area contributed by atoms with E-state index >= 15 is 0 Å². The molecule has 1 saturated heterocycles. The number of allylic oxidation sites excluding steroid dienone is 1. The number of hydrogen-bond acceptors (Lipinski definition) is 3. The van der Waals surface area contributed by atoms with Crippen LogP contribution in [0.5, 0.6) is 0 Å². The van der Waals surface area contributed by atoms with Crippen molar-refractivity contribution in [3.05, 3.63) is 11.6 Å². The highest BCUT2D eigenvalue weighted by Crippen LogP contribution is 2.08. The van der Waals surface area contributed by atoms with E-state index in [4.69, 9.17) is 4.74 Å². The van der Waals surface area contributed by atoms with Gasteiger partial charge in [0.2, 0.25) is 0 Å². The molecule has 0 unspecified atom stereocenters. The van der Waals surface area contributed by atoms with Crippen molar-refractivity contribution in [2.45, 2.75) is 46.0 Å². The zero-order valence-corrected chi connectivity index (χ0v) is 11.2. The molecule has 3 nitrogen and oxygen atoms in total. The minimum atomic E-state index is -0.0577. The molecule has 1 aliphatic rings. The summed E-state index contributed by atoms with van der Waals surface area (Å²) in [5, 5.41) is 0. The molecule has 0 amide bonds. The number of ether oxygens (including phenoxy) is 1. The first-order valence-corrected chi connectivity index (χ1v) is 6.70. The third kappa shape index (κ3) is 7.16. The number of hydrogen-bond donors (Lipinski definition) is 0. The van der Waals surface area contributed by atoms with Gasteiger partial charge in [0.25, 0.3) is 0 Å². The Hall–Kier alpha value is -0.830. The van der Waals surface area contributed by atoms with Crippen LogP contribution < -0.4 is 0 Å². The molecule has 17 heavy (non-hydrogen) atoms. The Kier molecular flexibility index (Phi) is 6.94. The van der Waals surface area contributed by atoms with Crippen molar-refractivity contribution in [2.24, 2.45) is 0 Å². The lowest BCUT2D eigenvalue weighted by Gasteiger charge is -2.25. The van der Waals surface area contributed by atoms with E-state index in [1.54, 1.807) is 0 Å². The first kappa shape index (κ1) is 14.2. The van der Waals surface area contributed by atoms with Gasteiger partial charge >= 0.3 is 5.97 Å². The number of rotatable bonds is 6. The zero-order chi connectivity index (χ0) is 12.5. The average Bonchev–Trinajstić information content (AvgIpc) is 2.33. The first-order chi connectivity index (χ1) is 8.18. The average molecular weight is 239 g/mol. The molecule has 0 atom stereocenters. The second-order valence-corrected chi connectivity index (χ2v) is 4.94. The molecule has 3 heteroatoms. The molecule has 0 N–H and O–H groups in total. The number of nitrogens with zero attached hydrogens (tertiary/aromatic N) is 1. The second kappa shape index (κ2) is 8.29. The molecule has 0 bridgehead atoms. The summed E-state index contributed by atoms with van der Waals surface area (Å²) >= 11 is 0. The summed E-state index contributed by atoms with van der Waals surface area (Å²) in [6.45, 7) is 7.78. The van der Waals surface area contributed by atoms with Crippen LogP contribution >= 0.6 is 0 Å². The van der Waals surface area contributed by atoms with E-state index in [9.17, 15) is 4.79 Å². The van der Waals surface area contributed by atoms with Crippen molar-refractivity contribution in [2.75, 3.05) is 26.2 Å². The third-order valence-electron chi connectivity index (χ3n) is 3.01. The van der Waals surface area contributed by atoms with Gasteiger partial charge in [-0.25, -0.2) is 0 Å². The van der Waals surface area contributed by atoms with Crippen LogP contribution in [0.1, 0.15) is 46.0 Å². The highest BCUT2D eigenvalue weighted by atomic mass is 16.5. The maximum Gasteiger partial charge on any atom is 0.307 e. The Morgan fingerprint density at radius 3 is 2.59 bits per heavy atom. The van der Waals surface area contributed by atoms with Crippen LogP contribution in [0.25, 0.3) is 0 Å². The monoisotopic (exact) mass is 239 g/mol. The van der Waals surface area contributed by atoms with Crippen LogP contribution in [0.2, 0.25) is 0 Å². The summed E-state index contributed by atoms with van der Waals surface area (Å²) in [4.78, 5) is 13.8. The quantitative estimate of drug-likeness (QED) is 0.405. The Morgan fingerprint density at radius 1 is 1.24 bits per heavy atom. The molecule has 1 heterocycles. The Bertz CT molecular complexity index is 251. The summed E-state index contributed by atoms with van der Waals surface area (Å²) < 4.78 is 5.17. The van der Waals surface area contributed by atoms with E-state index in [0.29, 0.717) is 13.0 Å². The number of likely N-dealkylation sites (tertiary alicyclic amines) is 1. The molecule has 1 fully saturated rings. The molecule has 1 rings (SSSR count). The van der Waals surface area contributed by atoms with E-state index in [0.717, 1.165) is 26.1 Å². The highest BCUT2D eigenvalue weighted by Gasteiger charge is 2.11.